The molecule has 0 saturated heterocycles. The summed E-state index contributed by atoms with van der Waals surface area (Å²) in [6.07, 6.45) is -0.337. The van der Waals surface area contributed by atoms with E-state index >= 15 is 0 Å². The normalized spacial score (nSPS) is 11.6. The van der Waals surface area contributed by atoms with Crippen LogP contribution in [0.3, 0.4) is 0 Å². The smallest absolute Gasteiger partial charge is 0.322 e. The molecule has 8 nitrogen and oxygen atoms in total. The lowest BCUT2D eigenvalue weighted by molar-refractivity contribution is -0.137. The molecule has 1 unspecified atom stereocenters. The minimum Gasteiger partial charge on any atom is -0.480 e. The SMILES string of the molecule is COC(CN)CC(=O)NCC(=O)NCC(=O)O. The summed E-state index contributed by atoms with van der Waals surface area (Å²) in [6.45, 7) is -0.541. The summed E-state index contributed by atoms with van der Waals surface area (Å²) in [5, 5.41) is 12.7. The molecule has 0 aromatic rings. The number of nitrogens with one attached hydrogen (secondary N) is 2. The van der Waals surface area contributed by atoms with Gasteiger partial charge in [0.25, 0.3) is 0 Å². The van der Waals surface area contributed by atoms with E-state index in [4.69, 9.17) is 15.6 Å². The van der Waals surface area contributed by atoms with Gasteiger partial charge < -0.3 is 26.2 Å². The van der Waals surface area contributed by atoms with Crippen molar-refractivity contribution >= 4 is 17.8 Å². The highest BCUT2D eigenvalue weighted by Gasteiger charge is 2.12. The molecule has 0 bridgehead atoms. The molecule has 98 valence electrons. The molecule has 0 aliphatic heterocycles. The molecule has 5 N–H and O–H groups in total. The van der Waals surface area contributed by atoms with Crippen LogP contribution >= 0.6 is 0 Å². The van der Waals surface area contributed by atoms with Gasteiger partial charge in [-0.2, -0.15) is 0 Å². The van der Waals surface area contributed by atoms with Crippen LogP contribution in [0.1, 0.15) is 6.42 Å². The molecule has 0 aromatic carbocycles. The molecule has 0 radical (unpaired) electrons. The number of ether oxygens (including phenoxy) is 1. The highest BCUT2D eigenvalue weighted by atomic mass is 16.5. The fourth-order valence-corrected chi connectivity index (χ4v) is 0.957. The lowest BCUT2D eigenvalue weighted by Crippen LogP contribution is -2.40. The van der Waals surface area contributed by atoms with Crippen LogP contribution in [0.15, 0.2) is 0 Å². The zero-order valence-corrected chi connectivity index (χ0v) is 9.56. The maximum absolute atomic E-state index is 11.3. The maximum atomic E-state index is 11.3. The van der Waals surface area contributed by atoms with E-state index in [1.165, 1.54) is 7.11 Å². The lowest BCUT2D eigenvalue weighted by atomic mass is 10.2. The second-order valence-corrected chi connectivity index (χ2v) is 3.24. The van der Waals surface area contributed by atoms with Crippen molar-refractivity contribution in [3.05, 3.63) is 0 Å². The van der Waals surface area contributed by atoms with Crippen LogP contribution in [-0.2, 0) is 19.1 Å². The summed E-state index contributed by atoms with van der Waals surface area (Å²) in [4.78, 5) is 32.4. The first kappa shape index (κ1) is 15.3. The minimum atomic E-state index is -1.15. The summed E-state index contributed by atoms with van der Waals surface area (Å²) < 4.78 is 4.89. The number of carbonyl (C=O) groups excluding carboxylic acids is 2. The standard InChI is InChI=1S/C9H17N3O5/c1-17-6(3-10)2-7(13)11-4-8(14)12-5-9(15)16/h6H,2-5,10H2,1H3,(H,11,13)(H,12,14)(H,15,16). The van der Waals surface area contributed by atoms with Crippen LogP contribution in [0.25, 0.3) is 0 Å². The predicted octanol–water partition coefficient (Wildman–Crippen LogP) is -2.33. The Labute approximate surface area is 98.5 Å². The number of hydrogen-bond donors (Lipinski definition) is 4. The summed E-state index contributed by atoms with van der Waals surface area (Å²) in [6, 6.07) is 0. The Balaban J connectivity index is 3.76. The van der Waals surface area contributed by atoms with Gasteiger partial charge in [-0.15, -0.1) is 0 Å². The van der Waals surface area contributed by atoms with E-state index in [0.29, 0.717) is 0 Å². The van der Waals surface area contributed by atoms with Crippen LogP contribution in [0.4, 0.5) is 0 Å². The number of hydrogen-bond acceptors (Lipinski definition) is 5. The number of aliphatic carboxylic acids is 1. The average Bonchev–Trinajstić information content (AvgIpc) is 2.30. The van der Waals surface area contributed by atoms with Gasteiger partial charge in [-0.3, -0.25) is 14.4 Å². The third kappa shape index (κ3) is 8.17. The van der Waals surface area contributed by atoms with Crippen molar-refractivity contribution in [3.8, 4) is 0 Å². The fraction of sp³-hybridized carbons (Fsp3) is 0.667. The second-order valence-electron chi connectivity index (χ2n) is 3.24. The molecule has 0 aliphatic carbocycles. The van der Waals surface area contributed by atoms with Crippen molar-refractivity contribution in [2.75, 3.05) is 26.7 Å². The first-order chi connectivity index (χ1) is 7.99. The molecular formula is C9H17N3O5. The summed E-state index contributed by atoms with van der Waals surface area (Å²) in [5.74, 6) is -2.09. The van der Waals surface area contributed by atoms with Crippen LogP contribution in [-0.4, -0.2) is 55.7 Å². The molecule has 0 saturated carbocycles. The van der Waals surface area contributed by atoms with E-state index in [1.807, 2.05) is 0 Å². The number of carboxylic acids is 1. The molecule has 0 fully saturated rings. The Morgan fingerprint density at radius 2 is 1.82 bits per heavy atom. The van der Waals surface area contributed by atoms with Crippen molar-refractivity contribution in [1.82, 2.24) is 10.6 Å². The minimum absolute atomic E-state index is 0.0548. The van der Waals surface area contributed by atoms with E-state index in [9.17, 15) is 14.4 Å². The largest absolute Gasteiger partial charge is 0.480 e. The zero-order chi connectivity index (χ0) is 13.3. The molecule has 0 spiro atoms. The van der Waals surface area contributed by atoms with Crippen molar-refractivity contribution in [1.29, 1.82) is 0 Å². The van der Waals surface area contributed by atoms with Crippen LogP contribution in [0.2, 0.25) is 0 Å². The van der Waals surface area contributed by atoms with Crippen molar-refractivity contribution in [2.24, 2.45) is 5.73 Å². The van der Waals surface area contributed by atoms with Gasteiger partial charge in [0, 0.05) is 13.7 Å². The Morgan fingerprint density at radius 1 is 1.24 bits per heavy atom. The molecule has 0 rings (SSSR count). The van der Waals surface area contributed by atoms with E-state index in [2.05, 4.69) is 10.6 Å². The van der Waals surface area contributed by atoms with E-state index in [-0.39, 0.29) is 25.4 Å². The lowest BCUT2D eigenvalue weighted by Gasteiger charge is -2.12. The van der Waals surface area contributed by atoms with E-state index < -0.39 is 24.5 Å². The average molecular weight is 247 g/mol. The van der Waals surface area contributed by atoms with Crippen molar-refractivity contribution < 1.29 is 24.2 Å². The molecular weight excluding hydrogens is 230 g/mol. The number of carboxylic acid groups (broad SMARTS) is 1. The van der Waals surface area contributed by atoms with Gasteiger partial charge in [0.1, 0.15) is 6.54 Å². The van der Waals surface area contributed by atoms with Gasteiger partial charge in [0.2, 0.25) is 11.8 Å². The highest BCUT2D eigenvalue weighted by molar-refractivity contribution is 5.86. The van der Waals surface area contributed by atoms with Gasteiger partial charge in [-0.05, 0) is 0 Å². The molecule has 2 amide bonds. The Morgan fingerprint density at radius 3 is 2.29 bits per heavy atom. The number of carbonyl (C=O) groups is 3. The van der Waals surface area contributed by atoms with Gasteiger partial charge in [0.15, 0.2) is 0 Å². The Hall–Kier alpha value is -1.67. The van der Waals surface area contributed by atoms with Crippen LogP contribution in [0, 0.1) is 0 Å². The molecule has 1 atom stereocenters. The maximum Gasteiger partial charge on any atom is 0.322 e. The number of nitrogens with two attached hydrogens (primary N) is 1. The first-order valence-electron chi connectivity index (χ1n) is 4.97. The molecule has 17 heavy (non-hydrogen) atoms. The predicted molar refractivity (Wildman–Crippen MR) is 58.1 cm³/mol. The zero-order valence-electron chi connectivity index (χ0n) is 9.56. The Bertz CT molecular complexity index is 278. The van der Waals surface area contributed by atoms with Crippen molar-refractivity contribution in [3.63, 3.8) is 0 Å². The van der Waals surface area contributed by atoms with Gasteiger partial charge in [-0.25, -0.2) is 0 Å². The number of methoxy groups -OCH3 is 1. The molecule has 0 heterocycles. The molecule has 8 heteroatoms. The van der Waals surface area contributed by atoms with Crippen LogP contribution < -0.4 is 16.4 Å². The highest BCUT2D eigenvalue weighted by Crippen LogP contribution is 1.93. The van der Waals surface area contributed by atoms with Crippen molar-refractivity contribution in [2.45, 2.75) is 12.5 Å². The monoisotopic (exact) mass is 247 g/mol. The quantitative estimate of drug-likeness (QED) is 0.380. The molecule has 0 aromatic heterocycles. The third-order valence-electron chi connectivity index (χ3n) is 1.89. The molecule has 0 aliphatic rings. The van der Waals surface area contributed by atoms with Gasteiger partial charge >= 0.3 is 5.97 Å². The topological polar surface area (TPSA) is 131 Å². The van der Waals surface area contributed by atoms with Gasteiger partial charge in [-0.1, -0.05) is 0 Å². The number of rotatable bonds is 8. The Kier molecular flexibility index (Phi) is 7.65. The van der Waals surface area contributed by atoms with Crippen LogP contribution in [0.5, 0.6) is 0 Å². The van der Waals surface area contributed by atoms with Gasteiger partial charge in [0.05, 0.1) is 19.1 Å². The summed E-state index contributed by atoms with van der Waals surface area (Å²) in [7, 11) is 1.43. The summed E-state index contributed by atoms with van der Waals surface area (Å²) in [5.41, 5.74) is 5.32. The van der Waals surface area contributed by atoms with E-state index in [0.717, 1.165) is 0 Å². The second kappa shape index (κ2) is 8.48. The number of amides is 2. The third-order valence-corrected chi connectivity index (χ3v) is 1.89. The fourth-order valence-electron chi connectivity index (χ4n) is 0.957. The van der Waals surface area contributed by atoms with E-state index in [1.54, 1.807) is 0 Å². The first-order valence-corrected chi connectivity index (χ1v) is 4.97. The summed E-state index contributed by atoms with van der Waals surface area (Å²) >= 11 is 0.